The fourth-order valence-electron chi connectivity index (χ4n) is 3.61. The minimum absolute atomic E-state index is 0.681. The summed E-state index contributed by atoms with van der Waals surface area (Å²) in [7, 11) is 3.94. The molecule has 0 aromatic carbocycles. The number of oxazole rings is 1. The van der Waals surface area contributed by atoms with Gasteiger partial charge in [0.05, 0.1) is 18.8 Å². The Morgan fingerprint density at radius 1 is 1.25 bits per heavy atom. The van der Waals surface area contributed by atoms with Gasteiger partial charge in [0, 0.05) is 33.8 Å². The van der Waals surface area contributed by atoms with E-state index in [1.165, 1.54) is 25.7 Å². The molecule has 0 bridgehead atoms. The molecule has 158 valence electrons. The molecule has 0 spiro atoms. The number of nitrogens with zero attached hydrogens (tertiary/aromatic N) is 4. The van der Waals surface area contributed by atoms with Gasteiger partial charge in [-0.3, -0.25) is 9.89 Å². The van der Waals surface area contributed by atoms with Crippen molar-refractivity contribution in [3.63, 3.8) is 0 Å². The second kappa shape index (κ2) is 10.3. The molecule has 0 amide bonds. The van der Waals surface area contributed by atoms with Gasteiger partial charge in [0.25, 0.3) is 0 Å². The summed E-state index contributed by atoms with van der Waals surface area (Å²) in [5.41, 5.74) is 1.00. The van der Waals surface area contributed by atoms with Gasteiger partial charge in [0.15, 0.2) is 5.96 Å². The van der Waals surface area contributed by atoms with E-state index in [0.29, 0.717) is 5.92 Å². The topological polar surface area (TPSA) is 66.1 Å². The lowest BCUT2D eigenvalue weighted by molar-refractivity contribution is 0.115. The predicted octanol–water partition coefficient (Wildman–Crippen LogP) is 2.44. The molecule has 1 saturated carbocycles. The molecular weight excluding hydrogens is 354 g/mol. The fourth-order valence-corrected chi connectivity index (χ4v) is 3.61. The molecule has 1 aromatic rings. The molecule has 2 aliphatic rings. The Kier molecular flexibility index (Phi) is 7.73. The smallest absolute Gasteiger partial charge is 0.208 e. The zero-order valence-corrected chi connectivity index (χ0v) is 18.0. The highest BCUT2D eigenvalue weighted by Crippen LogP contribution is 2.28. The van der Waals surface area contributed by atoms with E-state index < -0.39 is 0 Å². The third-order valence-corrected chi connectivity index (χ3v) is 5.88. The van der Waals surface area contributed by atoms with Gasteiger partial charge >= 0.3 is 0 Å². The Balaban J connectivity index is 1.31. The summed E-state index contributed by atoms with van der Waals surface area (Å²) in [4.78, 5) is 13.5. The van der Waals surface area contributed by atoms with Gasteiger partial charge in [-0.25, -0.2) is 4.98 Å². The molecule has 3 rings (SSSR count). The van der Waals surface area contributed by atoms with Gasteiger partial charge in [0.1, 0.15) is 5.76 Å². The molecule has 1 saturated heterocycles. The van der Waals surface area contributed by atoms with Crippen LogP contribution in [-0.4, -0.2) is 74.2 Å². The standard InChI is InChI=1S/C21H37N5O2/c1-16-17(2)28-20(24-16)14-26-9-7-18(8-10-26)13-23-21(22-3)25(4)11-12-27-15-19-5-6-19/h18-19H,5-15H2,1-4H3,(H,22,23). The molecule has 1 aliphatic carbocycles. The second-order valence-electron chi connectivity index (χ2n) is 8.34. The van der Waals surface area contributed by atoms with Crippen molar-refractivity contribution in [2.24, 2.45) is 16.8 Å². The largest absolute Gasteiger partial charge is 0.444 e. The average molecular weight is 392 g/mol. The third kappa shape index (κ3) is 6.48. The molecule has 28 heavy (non-hydrogen) atoms. The Hall–Kier alpha value is -1.60. The Morgan fingerprint density at radius 3 is 2.61 bits per heavy atom. The molecule has 2 fully saturated rings. The lowest BCUT2D eigenvalue weighted by atomic mass is 9.97. The van der Waals surface area contributed by atoms with E-state index in [9.17, 15) is 0 Å². The van der Waals surface area contributed by atoms with Gasteiger partial charge in [-0.05, 0) is 64.5 Å². The van der Waals surface area contributed by atoms with Gasteiger partial charge < -0.3 is 19.4 Å². The number of likely N-dealkylation sites (tertiary alicyclic amines) is 1. The number of hydrogen-bond donors (Lipinski definition) is 1. The van der Waals surface area contributed by atoms with Crippen molar-refractivity contribution in [1.82, 2.24) is 20.1 Å². The highest BCUT2D eigenvalue weighted by Gasteiger charge is 2.22. The number of guanidine groups is 1. The van der Waals surface area contributed by atoms with Crippen LogP contribution < -0.4 is 5.32 Å². The van der Waals surface area contributed by atoms with Crippen molar-refractivity contribution >= 4 is 5.96 Å². The van der Waals surface area contributed by atoms with E-state index in [1.54, 1.807) is 0 Å². The molecule has 0 atom stereocenters. The number of likely N-dealkylation sites (N-methyl/N-ethyl adjacent to an activating group) is 1. The Morgan fingerprint density at radius 2 is 2.00 bits per heavy atom. The van der Waals surface area contributed by atoms with Crippen LogP contribution in [0.5, 0.6) is 0 Å². The van der Waals surface area contributed by atoms with Crippen LogP contribution in [-0.2, 0) is 11.3 Å². The van der Waals surface area contributed by atoms with E-state index in [1.807, 2.05) is 20.9 Å². The van der Waals surface area contributed by atoms with Crippen molar-refractivity contribution in [3.8, 4) is 0 Å². The molecule has 1 aliphatic heterocycles. The number of piperidine rings is 1. The monoisotopic (exact) mass is 391 g/mol. The predicted molar refractivity (Wildman–Crippen MR) is 112 cm³/mol. The van der Waals surface area contributed by atoms with Crippen molar-refractivity contribution in [1.29, 1.82) is 0 Å². The molecule has 2 heterocycles. The summed E-state index contributed by atoms with van der Waals surface area (Å²) in [5, 5.41) is 3.55. The summed E-state index contributed by atoms with van der Waals surface area (Å²) in [6, 6.07) is 0. The third-order valence-electron chi connectivity index (χ3n) is 5.88. The average Bonchev–Trinajstić information content (AvgIpc) is 3.45. The van der Waals surface area contributed by atoms with E-state index in [-0.39, 0.29) is 0 Å². The van der Waals surface area contributed by atoms with Gasteiger partial charge in [-0.15, -0.1) is 0 Å². The summed E-state index contributed by atoms with van der Waals surface area (Å²) < 4.78 is 11.5. The minimum atomic E-state index is 0.681. The first-order valence-electron chi connectivity index (χ1n) is 10.7. The van der Waals surface area contributed by atoms with Crippen LogP contribution in [0.4, 0.5) is 0 Å². The van der Waals surface area contributed by atoms with E-state index in [4.69, 9.17) is 9.15 Å². The number of aryl methyl sites for hydroxylation is 2. The lowest BCUT2D eigenvalue weighted by Crippen LogP contribution is -2.44. The van der Waals surface area contributed by atoms with Crippen molar-refractivity contribution < 1.29 is 9.15 Å². The van der Waals surface area contributed by atoms with Crippen molar-refractivity contribution in [2.75, 3.05) is 53.5 Å². The zero-order valence-electron chi connectivity index (χ0n) is 18.0. The molecular formula is C21H37N5O2. The number of hydrogen-bond acceptors (Lipinski definition) is 5. The van der Waals surface area contributed by atoms with Crippen LogP contribution in [0.2, 0.25) is 0 Å². The van der Waals surface area contributed by atoms with Gasteiger partial charge in [-0.2, -0.15) is 0 Å². The zero-order chi connectivity index (χ0) is 19.9. The van der Waals surface area contributed by atoms with E-state index in [0.717, 1.165) is 75.2 Å². The molecule has 7 nitrogen and oxygen atoms in total. The van der Waals surface area contributed by atoms with E-state index >= 15 is 0 Å². The maximum absolute atomic E-state index is 5.74. The number of rotatable bonds is 9. The van der Waals surface area contributed by atoms with Gasteiger partial charge in [-0.1, -0.05) is 0 Å². The van der Waals surface area contributed by atoms with Crippen molar-refractivity contribution in [2.45, 2.75) is 46.1 Å². The molecule has 0 radical (unpaired) electrons. The Bertz CT molecular complexity index is 613. The fraction of sp³-hybridized carbons (Fsp3) is 0.810. The summed E-state index contributed by atoms with van der Waals surface area (Å²) >= 11 is 0. The number of aromatic nitrogens is 1. The van der Waals surface area contributed by atoms with Gasteiger partial charge in [0.2, 0.25) is 5.89 Å². The first kappa shape index (κ1) is 21.1. The number of ether oxygens (including phenoxy) is 1. The molecule has 1 aromatic heterocycles. The summed E-state index contributed by atoms with van der Waals surface area (Å²) in [6.07, 6.45) is 5.07. The van der Waals surface area contributed by atoms with Crippen LogP contribution in [0.1, 0.15) is 43.0 Å². The summed E-state index contributed by atoms with van der Waals surface area (Å²) in [5.74, 6) is 4.24. The normalized spacial score (nSPS) is 19.2. The molecule has 0 unspecified atom stereocenters. The van der Waals surface area contributed by atoms with Crippen LogP contribution >= 0.6 is 0 Å². The first-order chi connectivity index (χ1) is 13.5. The quantitative estimate of drug-likeness (QED) is 0.396. The highest BCUT2D eigenvalue weighted by molar-refractivity contribution is 5.79. The second-order valence-corrected chi connectivity index (χ2v) is 8.34. The highest BCUT2D eigenvalue weighted by atomic mass is 16.5. The van der Waals surface area contributed by atoms with Crippen LogP contribution in [0.25, 0.3) is 0 Å². The maximum atomic E-state index is 5.74. The van der Waals surface area contributed by atoms with Crippen LogP contribution in [0.3, 0.4) is 0 Å². The van der Waals surface area contributed by atoms with E-state index in [2.05, 4.69) is 32.1 Å². The van der Waals surface area contributed by atoms with Crippen LogP contribution in [0.15, 0.2) is 9.41 Å². The van der Waals surface area contributed by atoms with Crippen molar-refractivity contribution in [3.05, 3.63) is 17.3 Å². The summed E-state index contributed by atoms with van der Waals surface area (Å²) in [6.45, 7) is 10.5. The first-order valence-corrected chi connectivity index (χ1v) is 10.7. The Labute approximate surface area is 169 Å². The lowest BCUT2D eigenvalue weighted by Gasteiger charge is -2.32. The number of nitrogens with one attached hydrogen (secondary N) is 1. The maximum Gasteiger partial charge on any atom is 0.208 e. The molecule has 1 N–H and O–H groups in total. The minimum Gasteiger partial charge on any atom is -0.444 e. The number of aliphatic imine (C=N–C) groups is 1. The van der Waals surface area contributed by atoms with Crippen LogP contribution in [0, 0.1) is 25.7 Å². The molecule has 7 heteroatoms. The SMILES string of the molecule is CN=C(NCC1CCN(Cc2nc(C)c(C)o2)CC1)N(C)CCOCC1CC1.